The van der Waals surface area contributed by atoms with Crippen molar-refractivity contribution in [1.82, 2.24) is 4.98 Å². The smallest absolute Gasteiger partial charge is 0.224 e. The van der Waals surface area contributed by atoms with Crippen molar-refractivity contribution in [2.45, 2.75) is 19.3 Å². The van der Waals surface area contributed by atoms with Gasteiger partial charge in [0, 0.05) is 46.9 Å². The van der Waals surface area contributed by atoms with Crippen LogP contribution in [-0.2, 0) is 4.79 Å². The summed E-state index contributed by atoms with van der Waals surface area (Å²) >= 11 is 3.39. The number of piperidine rings is 1. The molecule has 0 radical (unpaired) electrons. The first-order valence-corrected chi connectivity index (χ1v) is 10.2. The Morgan fingerprint density at radius 2 is 1.89 bits per heavy atom. The van der Waals surface area contributed by atoms with Gasteiger partial charge in [-0.15, -0.1) is 0 Å². The van der Waals surface area contributed by atoms with Gasteiger partial charge in [0.25, 0.3) is 0 Å². The second-order valence-corrected chi connectivity index (χ2v) is 8.10. The Balaban J connectivity index is 1.36. The van der Waals surface area contributed by atoms with Crippen molar-refractivity contribution in [3.05, 3.63) is 65.0 Å². The Labute approximate surface area is 171 Å². The fraction of sp³-hybridized carbons (Fsp3) is 0.273. The minimum absolute atomic E-state index is 0.0530. The van der Waals surface area contributed by atoms with E-state index in [1.54, 1.807) is 18.3 Å². The number of rotatable bonds is 4. The second-order valence-electron chi connectivity index (χ2n) is 7.18. The lowest BCUT2D eigenvalue weighted by atomic mass is 9.92. The molecule has 1 N–H and O–H groups in total. The van der Waals surface area contributed by atoms with E-state index >= 15 is 0 Å². The summed E-state index contributed by atoms with van der Waals surface area (Å²) in [6, 6.07) is 14.3. The molecule has 2 aromatic carbocycles. The van der Waals surface area contributed by atoms with Gasteiger partial charge >= 0.3 is 0 Å². The van der Waals surface area contributed by atoms with E-state index in [0.29, 0.717) is 12.3 Å². The molecule has 1 aliphatic heterocycles. The molecule has 0 atom stereocenters. The number of nitrogens with one attached hydrogen (secondary N) is 1. The van der Waals surface area contributed by atoms with E-state index in [4.69, 9.17) is 0 Å². The summed E-state index contributed by atoms with van der Waals surface area (Å²) in [4.78, 5) is 18.9. The van der Waals surface area contributed by atoms with Crippen molar-refractivity contribution < 1.29 is 9.18 Å². The third-order valence-electron chi connectivity index (χ3n) is 5.24. The zero-order valence-electron chi connectivity index (χ0n) is 15.4. The number of halogens is 2. The third-order valence-corrected chi connectivity index (χ3v) is 5.77. The fourth-order valence-electron chi connectivity index (χ4n) is 3.77. The Bertz CT molecular complexity index is 985. The third kappa shape index (κ3) is 4.33. The molecular weight excluding hydrogens is 421 g/mol. The molecule has 2 heterocycles. The molecule has 1 fully saturated rings. The number of hydrogen-bond donors (Lipinski definition) is 1. The maximum absolute atomic E-state index is 13.7. The van der Waals surface area contributed by atoms with E-state index in [1.165, 1.54) is 6.07 Å². The number of amides is 1. The number of carbonyl (C=O) groups excluding carboxylic acids is 1. The van der Waals surface area contributed by atoms with Gasteiger partial charge in [0.1, 0.15) is 5.82 Å². The van der Waals surface area contributed by atoms with Gasteiger partial charge in [-0.1, -0.05) is 15.9 Å². The van der Waals surface area contributed by atoms with Crippen molar-refractivity contribution in [3.63, 3.8) is 0 Å². The molecule has 1 saturated heterocycles. The summed E-state index contributed by atoms with van der Waals surface area (Å²) < 4.78 is 14.7. The Hall–Kier alpha value is -2.47. The van der Waals surface area contributed by atoms with Crippen LogP contribution in [0.2, 0.25) is 0 Å². The fourth-order valence-corrected chi connectivity index (χ4v) is 4.03. The van der Waals surface area contributed by atoms with E-state index in [-0.39, 0.29) is 11.7 Å². The van der Waals surface area contributed by atoms with Gasteiger partial charge < -0.3 is 10.2 Å². The topological polar surface area (TPSA) is 45.2 Å². The molecule has 144 valence electrons. The number of pyridine rings is 1. The summed E-state index contributed by atoms with van der Waals surface area (Å²) in [5.41, 5.74) is 2.63. The quantitative estimate of drug-likeness (QED) is 0.590. The van der Waals surface area contributed by atoms with Crippen molar-refractivity contribution in [3.8, 4) is 0 Å². The molecule has 6 heteroatoms. The summed E-state index contributed by atoms with van der Waals surface area (Å²) in [7, 11) is 0. The lowest BCUT2D eigenvalue weighted by molar-refractivity contribution is -0.117. The Kier molecular flexibility index (Phi) is 5.57. The number of aromatic nitrogens is 1. The molecule has 4 rings (SSSR count). The largest absolute Gasteiger partial charge is 0.371 e. The standard InChI is InChI=1S/C22H21BrFN3O/c23-16-1-4-18(5-2-16)26-22(28)13-15-8-11-27(12-9-15)21-7-10-25-20-6-3-17(24)14-19(20)21/h1-7,10,14-15H,8-9,11-13H2,(H,26,28). The van der Waals surface area contributed by atoms with Gasteiger partial charge in [0.15, 0.2) is 0 Å². The molecule has 0 saturated carbocycles. The number of anilines is 2. The van der Waals surface area contributed by atoms with Crippen molar-refractivity contribution >= 4 is 44.1 Å². The maximum atomic E-state index is 13.7. The number of nitrogens with zero attached hydrogens (tertiary/aromatic N) is 2. The van der Waals surface area contributed by atoms with Crippen LogP contribution < -0.4 is 10.2 Å². The molecule has 1 aliphatic rings. The maximum Gasteiger partial charge on any atom is 0.224 e. The van der Waals surface area contributed by atoms with E-state index < -0.39 is 0 Å². The molecule has 0 spiro atoms. The molecule has 4 nitrogen and oxygen atoms in total. The predicted octanol–water partition coefficient (Wildman–Crippen LogP) is 5.38. The Morgan fingerprint density at radius 1 is 1.14 bits per heavy atom. The van der Waals surface area contributed by atoms with Crippen LogP contribution >= 0.6 is 15.9 Å². The average Bonchev–Trinajstić information content (AvgIpc) is 2.70. The lowest BCUT2D eigenvalue weighted by Gasteiger charge is -2.34. The van der Waals surface area contributed by atoms with Gasteiger partial charge in [0.2, 0.25) is 5.91 Å². The number of carbonyl (C=O) groups is 1. The van der Waals surface area contributed by atoms with Gasteiger partial charge in [-0.2, -0.15) is 0 Å². The van der Waals surface area contributed by atoms with E-state index in [1.807, 2.05) is 30.3 Å². The zero-order chi connectivity index (χ0) is 19.5. The first-order chi connectivity index (χ1) is 13.6. The first kappa shape index (κ1) is 18.9. The highest BCUT2D eigenvalue weighted by Crippen LogP contribution is 2.30. The lowest BCUT2D eigenvalue weighted by Crippen LogP contribution is -2.35. The number of hydrogen-bond acceptors (Lipinski definition) is 3. The minimum Gasteiger partial charge on any atom is -0.371 e. The first-order valence-electron chi connectivity index (χ1n) is 9.43. The highest BCUT2D eigenvalue weighted by atomic mass is 79.9. The highest BCUT2D eigenvalue weighted by molar-refractivity contribution is 9.10. The van der Waals surface area contributed by atoms with Crippen LogP contribution in [0.1, 0.15) is 19.3 Å². The van der Waals surface area contributed by atoms with Gasteiger partial charge in [0.05, 0.1) is 5.52 Å². The van der Waals surface area contributed by atoms with Crippen LogP contribution in [0.4, 0.5) is 15.8 Å². The molecular formula is C22H21BrFN3O. The summed E-state index contributed by atoms with van der Waals surface area (Å²) in [6.45, 7) is 1.71. The summed E-state index contributed by atoms with van der Waals surface area (Å²) in [5, 5.41) is 3.81. The second kappa shape index (κ2) is 8.27. The van der Waals surface area contributed by atoms with E-state index in [0.717, 1.165) is 52.7 Å². The molecule has 3 aromatic rings. The minimum atomic E-state index is -0.249. The molecule has 1 amide bonds. The Morgan fingerprint density at radius 3 is 2.64 bits per heavy atom. The van der Waals surface area contributed by atoms with E-state index in [2.05, 4.69) is 31.1 Å². The summed E-state index contributed by atoms with van der Waals surface area (Å²) in [6.07, 6.45) is 4.17. The molecule has 0 unspecified atom stereocenters. The predicted molar refractivity (Wildman–Crippen MR) is 114 cm³/mol. The van der Waals surface area contributed by atoms with Gasteiger partial charge in [-0.05, 0) is 67.3 Å². The van der Waals surface area contributed by atoms with Crippen molar-refractivity contribution in [2.24, 2.45) is 5.92 Å². The molecule has 0 bridgehead atoms. The van der Waals surface area contributed by atoms with Crippen LogP contribution in [0.25, 0.3) is 10.9 Å². The number of benzene rings is 2. The van der Waals surface area contributed by atoms with Crippen LogP contribution in [0.5, 0.6) is 0 Å². The molecule has 1 aromatic heterocycles. The van der Waals surface area contributed by atoms with Crippen LogP contribution in [0.3, 0.4) is 0 Å². The van der Waals surface area contributed by atoms with Gasteiger partial charge in [-0.3, -0.25) is 9.78 Å². The normalized spacial score (nSPS) is 15.0. The monoisotopic (exact) mass is 441 g/mol. The SMILES string of the molecule is O=C(CC1CCN(c2ccnc3ccc(F)cc23)CC1)Nc1ccc(Br)cc1. The zero-order valence-corrected chi connectivity index (χ0v) is 17.0. The highest BCUT2D eigenvalue weighted by Gasteiger charge is 2.23. The van der Waals surface area contributed by atoms with Crippen molar-refractivity contribution in [2.75, 3.05) is 23.3 Å². The van der Waals surface area contributed by atoms with Crippen molar-refractivity contribution in [1.29, 1.82) is 0 Å². The van der Waals surface area contributed by atoms with E-state index in [9.17, 15) is 9.18 Å². The summed E-state index contributed by atoms with van der Waals surface area (Å²) in [5.74, 6) is 0.162. The number of fused-ring (bicyclic) bond motifs is 1. The van der Waals surface area contributed by atoms with Crippen LogP contribution in [0, 0.1) is 11.7 Å². The average molecular weight is 442 g/mol. The molecule has 0 aliphatic carbocycles. The molecule has 28 heavy (non-hydrogen) atoms. The van der Waals surface area contributed by atoms with Crippen LogP contribution in [0.15, 0.2) is 59.2 Å². The van der Waals surface area contributed by atoms with Gasteiger partial charge in [-0.25, -0.2) is 4.39 Å². The van der Waals surface area contributed by atoms with Crippen LogP contribution in [-0.4, -0.2) is 24.0 Å².